The van der Waals surface area contributed by atoms with E-state index >= 15 is 0 Å². The minimum atomic E-state index is -0.218. The van der Waals surface area contributed by atoms with E-state index in [0.717, 1.165) is 11.4 Å². The zero-order valence-electron chi connectivity index (χ0n) is 9.26. The summed E-state index contributed by atoms with van der Waals surface area (Å²) in [6.07, 6.45) is 1.47. The van der Waals surface area contributed by atoms with Crippen molar-refractivity contribution in [3.05, 3.63) is 36.2 Å². The maximum absolute atomic E-state index is 8.75. The molecule has 1 aromatic rings. The third-order valence-corrected chi connectivity index (χ3v) is 1.93. The Morgan fingerprint density at radius 1 is 1.44 bits per heavy atom. The summed E-state index contributed by atoms with van der Waals surface area (Å²) in [6, 6.07) is 7.27. The van der Waals surface area contributed by atoms with Gasteiger partial charge in [-0.3, -0.25) is 5.01 Å². The first-order valence-corrected chi connectivity index (χ1v) is 5.01. The van der Waals surface area contributed by atoms with E-state index in [0.29, 0.717) is 12.3 Å². The average Bonchev–Trinajstić information content (AvgIpc) is 2.30. The van der Waals surface area contributed by atoms with Gasteiger partial charge in [-0.05, 0) is 31.2 Å². The fourth-order valence-corrected chi connectivity index (χ4v) is 1.18. The molecular weight excluding hydrogens is 206 g/mol. The van der Waals surface area contributed by atoms with E-state index < -0.39 is 0 Å². The van der Waals surface area contributed by atoms with Gasteiger partial charge in [-0.2, -0.15) is 0 Å². The Kier molecular flexibility index (Phi) is 4.63. The van der Waals surface area contributed by atoms with Crippen molar-refractivity contribution in [3.63, 3.8) is 0 Å². The number of benzene rings is 1. The second kappa shape index (κ2) is 5.99. The van der Waals surface area contributed by atoms with Crippen molar-refractivity contribution in [2.24, 2.45) is 11.6 Å². The highest BCUT2D eigenvalue weighted by Gasteiger charge is 1.99. The van der Waals surface area contributed by atoms with Crippen molar-refractivity contribution in [1.29, 1.82) is 0 Å². The van der Waals surface area contributed by atoms with Crippen LogP contribution in [0.1, 0.15) is 6.92 Å². The molecule has 1 aromatic carbocycles. The summed E-state index contributed by atoms with van der Waals surface area (Å²) in [5.74, 6) is 6.51. The second-order valence-electron chi connectivity index (χ2n) is 3.20. The summed E-state index contributed by atoms with van der Waals surface area (Å²) in [5.41, 5.74) is 6.52. The molecule has 5 heteroatoms. The fraction of sp³-hybridized carbons (Fsp3) is 0.273. The van der Waals surface area contributed by atoms with Crippen molar-refractivity contribution >= 4 is 5.69 Å². The van der Waals surface area contributed by atoms with Gasteiger partial charge in [-0.1, -0.05) is 0 Å². The summed E-state index contributed by atoms with van der Waals surface area (Å²) in [4.78, 5) is 0. The van der Waals surface area contributed by atoms with E-state index in [1.165, 1.54) is 11.2 Å². The minimum absolute atomic E-state index is 0.218. The Morgan fingerprint density at radius 3 is 2.56 bits per heavy atom. The molecule has 16 heavy (non-hydrogen) atoms. The van der Waals surface area contributed by atoms with Gasteiger partial charge in [-0.15, -0.1) is 0 Å². The predicted molar refractivity (Wildman–Crippen MR) is 63.6 cm³/mol. The number of aliphatic hydroxyl groups is 1. The zero-order chi connectivity index (χ0) is 12.0. The number of hydrogen-bond donors (Lipinski definition) is 3. The van der Waals surface area contributed by atoms with Gasteiger partial charge in [-0.25, -0.2) is 5.84 Å². The van der Waals surface area contributed by atoms with Gasteiger partial charge >= 0.3 is 0 Å². The van der Waals surface area contributed by atoms with Crippen LogP contribution in [0.25, 0.3) is 0 Å². The molecule has 0 spiro atoms. The van der Waals surface area contributed by atoms with Crippen LogP contribution in [0.4, 0.5) is 5.69 Å². The van der Waals surface area contributed by atoms with Crippen molar-refractivity contribution < 1.29 is 9.84 Å². The summed E-state index contributed by atoms with van der Waals surface area (Å²) < 4.78 is 5.30. The molecule has 0 saturated heterocycles. The highest BCUT2D eigenvalue weighted by atomic mass is 16.5. The fourth-order valence-electron chi connectivity index (χ4n) is 1.18. The molecule has 5 nitrogen and oxygen atoms in total. The first-order valence-electron chi connectivity index (χ1n) is 5.01. The van der Waals surface area contributed by atoms with Crippen LogP contribution in [0.5, 0.6) is 5.75 Å². The Labute approximate surface area is 94.9 Å². The van der Waals surface area contributed by atoms with E-state index in [1.54, 1.807) is 0 Å². The third-order valence-electron chi connectivity index (χ3n) is 1.93. The lowest BCUT2D eigenvalue weighted by molar-refractivity contribution is 0.329. The SMILES string of the molecule is CCOc1ccc(N(N)/C=C(\N)CO)cc1. The number of anilines is 1. The smallest absolute Gasteiger partial charge is 0.119 e. The normalized spacial score (nSPS) is 11.3. The standard InChI is InChI=1S/C11H17N3O2/c1-2-16-11-5-3-10(4-6-11)14(13)7-9(12)8-15/h3-7,15H,2,8,12-13H2,1H3/b9-7-. The van der Waals surface area contributed by atoms with E-state index in [-0.39, 0.29) is 6.61 Å². The Balaban J connectivity index is 2.73. The number of rotatable bonds is 5. The quantitative estimate of drug-likeness (QED) is 0.501. The van der Waals surface area contributed by atoms with Crippen LogP contribution in [-0.4, -0.2) is 18.3 Å². The lowest BCUT2D eigenvalue weighted by Crippen LogP contribution is -2.26. The lowest BCUT2D eigenvalue weighted by atomic mass is 10.3. The molecule has 0 aliphatic carbocycles. The monoisotopic (exact) mass is 223 g/mol. The molecule has 1 rings (SSSR count). The number of aliphatic hydroxyl groups excluding tert-OH is 1. The third kappa shape index (κ3) is 3.45. The minimum Gasteiger partial charge on any atom is -0.494 e. The van der Waals surface area contributed by atoms with Crippen molar-refractivity contribution in [2.75, 3.05) is 18.2 Å². The Bertz CT molecular complexity index is 349. The molecule has 0 bridgehead atoms. The highest BCUT2D eigenvalue weighted by molar-refractivity contribution is 5.50. The van der Waals surface area contributed by atoms with Gasteiger partial charge in [0.25, 0.3) is 0 Å². The molecule has 0 heterocycles. The molecule has 0 amide bonds. The zero-order valence-corrected chi connectivity index (χ0v) is 9.26. The Morgan fingerprint density at radius 2 is 2.06 bits per heavy atom. The number of nitrogens with two attached hydrogens (primary N) is 2. The largest absolute Gasteiger partial charge is 0.494 e. The Hall–Kier alpha value is -1.72. The van der Waals surface area contributed by atoms with Crippen LogP contribution in [0.15, 0.2) is 36.2 Å². The summed E-state index contributed by atoms with van der Waals surface area (Å²) in [6.45, 7) is 2.33. The van der Waals surface area contributed by atoms with Crippen molar-refractivity contribution in [2.45, 2.75) is 6.92 Å². The van der Waals surface area contributed by atoms with Crippen molar-refractivity contribution in [1.82, 2.24) is 0 Å². The molecule has 5 N–H and O–H groups in total. The first kappa shape index (κ1) is 12.4. The molecule has 0 unspecified atom stereocenters. The second-order valence-corrected chi connectivity index (χ2v) is 3.20. The molecule has 0 radical (unpaired) electrons. The van der Waals surface area contributed by atoms with Crippen LogP contribution < -0.4 is 21.3 Å². The maximum atomic E-state index is 8.75. The summed E-state index contributed by atoms with van der Waals surface area (Å²) in [7, 11) is 0. The van der Waals surface area contributed by atoms with Gasteiger partial charge in [0, 0.05) is 6.20 Å². The first-order chi connectivity index (χ1) is 7.67. The van der Waals surface area contributed by atoms with Crippen LogP contribution in [0.3, 0.4) is 0 Å². The van der Waals surface area contributed by atoms with Gasteiger partial charge < -0.3 is 15.6 Å². The van der Waals surface area contributed by atoms with E-state index in [4.69, 9.17) is 21.4 Å². The highest BCUT2D eigenvalue weighted by Crippen LogP contribution is 2.17. The van der Waals surface area contributed by atoms with E-state index in [2.05, 4.69) is 0 Å². The van der Waals surface area contributed by atoms with Crippen LogP contribution in [0.2, 0.25) is 0 Å². The van der Waals surface area contributed by atoms with Crippen molar-refractivity contribution in [3.8, 4) is 5.75 Å². The van der Waals surface area contributed by atoms with Gasteiger partial charge in [0.15, 0.2) is 0 Å². The molecule has 88 valence electrons. The summed E-state index contributed by atoms with van der Waals surface area (Å²) >= 11 is 0. The van der Waals surface area contributed by atoms with E-state index in [9.17, 15) is 0 Å². The molecule has 0 aromatic heterocycles. The molecule has 0 aliphatic heterocycles. The van der Waals surface area contributed by atoms with Gasteiger partial charge in [0.2, 0.25) is 0 Å². The number of nitrogens with zero attached hydrogens (tertiary/aromatic N) is 1. The summed E-state index contributed by atoms with van der Waals surface area (Å²) in [5, 5.41) is 10.1. The lowest BCUT2D eigenvalue weighted by Gasteiger charge is -2.15. The molecule has 0 saturated carbocycles. The average molecular weight is 223 g/mol. The van der Waals surface area contributed by atoms with Crippen LogP contribution in [0, 0.1) is 0 Å². The van der Waals surface area contributed by atoms with Gasteiger partial charge in [0.05, 0.1) is 24.6 Å². The number of hydrazine groups is 1. The maximum Gasteiger partial charge on any atom is 0.119 e. The molecule has 0 fully saturated rings. The molecule has 0 atom stereocenters. The number of ether oxygens (including phenoxy) is 1. The van der Waals surface area contributed by atoms with Gasteiger partial charge in [0.1, 0.15) is 5.75 Å². The molecule has 0 aliphatic rings. The van der Waals surface area contributed by atoms with Crippen LogP contribution in [-0.2, 0) is 0 Å². The molecular formula is C11H17N3O2. The van der Waals surface area contributed by atoms with E-state index in [1.807, 2.05) is 31.2 Å². The number of hydrogen-bond acceptors (Lipinski definition) is 5. The predicted octanol–water partition coefficient (Wildman–Crippen LogP) is 0.558. The van der Waals surface area contributed by atoms with Crippen LogP contribution >= 0.6 is 0 Å². The topological polar surface area (TPSA) is 84.7 Å².